The van der Waals surface area contributed by atoms with Crippen LogP contribution in [0.15, 0.2) is 30.3 Å². The number of hydrogen-bond acceptors (Lipinski definition) is 3. The van der Waals surface area contributed by atoms with E-state index in [2.05, 4.69) is 29.4 Å². The first kappa shape index (κ1) is 12.9. The Morgan fingerprint density at radius 2 is 2.20 bits per heavy atom. The highest BCUT2D eigenvalue weighted by molar-refractivity contribution is 5.82. The molecule has 3 rings (SSSR count). The normalized spacial score (nSPS) is 18.8. The Morgan fingerprint density at radius 1 is 1.40 bits per heavy atom. The number of likely N-dealkylation sites (tertiary alicyclic amines) is 1. The Morgan fingerprint density at radius 3 is 2.90 bits per heavy atom. The van der Waals surface area contributed by atoms with Crippen LogP contribution in [-0.4, -0.2) is 29.4 Å². The highest BCUT2D eigenvalue weighted by Crippen LogP contribution is 2.25. The molecule has 1 aromatic carbocycles. The molecular weight excluding hydrogens is 250 g/mol. The zero-order chi connectivity index (χ0) is 14.1. The lowest BCUT2D eigenvalue weighted by Crippen LogP contribution is -2.25. The van der Waals surface area contributed by atoms with Gasteiger partial charge in [0.15, 0.2) is 0 Å². The van der Waals surface area contributed by atoms with Crippen molar-refractivity contribution in [3.8, 4) is 0 Å². The second kappa shape index (κ2) is 5.12. The summed E-state index contributed by atoms with van der Waals surface area (Å²) in [5.41, 5.74) is 2.05. The molecule has 0 aliphatic carbocycles. The van der Waals surface area contributed by atoms with Crippen molar-refractivity contribution in [1.82, 2.24) is 9.88 Å². The molecule has 2 aromatic rings. The van der Waals surface area contributed by atoms with Gasteiger partial charge in [0, 0.05) is 37.5 Å². The standard InChI is InChI=1S/C16H19N3O/c1-11-7-15(20)19(9-11)10-13-8-12-5-3-4-6-14(12)18-16(13)17-2/h3-6,8,11H,7,9-10H2,1-2H3,(H,17,18). The van der Waals surface area contributed by atoms with E-state index in [0.717, 1.165) is 28.8 Å². The van der Waals surface area contributed by atoms with Crippen molar-refractivity contribution in [2.45, 2.75) is 19.9 Å². The summed E-state index contributed by atoms with van der Waals surface area (Å²) >= 11 is 0. The lowest BCUT2D eigenvalue weighted by Gasteiger charge is -2.18. The molecule has 20 heavy (non-hydrogen) atoms. The van der Waals surface area contributed by atoms with Crippen molar-refractivity contribution in [3.63, 3.8) is 0 Å². The average Bonchev–Trinajstić information content (AvgIpc) is 2.76. The number of carbonyl (C=O) groups excluding carboxylic acids is 1. The maximum atomic E-state index is 11.9. The van der Waals surface area contributed by atoms with Crippen molar-refractivity contribution < 1.29 is 4.79 Å². The van der Waals surface area contributed by atoms with Crippen molar-refractivity contribution in [1.29, 1.82) is 0 Å². The number of nitrogens with zero attached hydrogens (tertiary/aromatic N) is 2. The van der Waals surface area contributed by atoms with Gasteiger partial charge in [0.25, 0.3) is 0 Å². The van der Waals surface area contributed by atoms with E-state index < -0.39 is 0 Å². The van der Waals surface area contributed by atoms with Crippen molar-refractivity contribution >= 4 is 22.6 Å². The van der Waals surface area contributed by atoms with Gasteiger partial charge in [0.2, 0.25) is 5.91 Å². The third-order valence-electron chi connectivity index (χ3n) is 3.81. The minimum Gasteiger partial charge on any atom is -0.373 e. The van der Waals surface area contributed by atoms with Crippen LogP contribution in [0.25, 0.3) is 10.9 Å². The molecule has 1 fully saturated rings. The summed E-state index contributed by atoms with van der Waals surface area (Å²) in [6.07, 6.45) is 0.663. The summed E-state index contributed by atoms with van der Waals surface area (Å²) in [6.45, 7) is 3.60. The molecule has 1 aliphatic rings. The zero-order valence-electron chi connectivity index (χ0n) is 11.9. The van der Waals surface area contributed by atoms with Gasteiger partial charge in [-0.1, -0.05) is 25.1 Å². The number of hydrogen-bond donors (Lipinski definition) is 1. The first-order valence-corrected chi connectivity index (χ1v) is 7.01. The maximum Gasteiger partial charge on any atom is 0.223 e. The molecule has 4 heteroatoms. The Hall–Kier alpha value is -2.10. The third-order valence-corrected chi connectivity index (χ3v) is 3.81. The van der Waals surface area contributed by atoms with Crippen LogP contribution in [0.2, 0.25) is 0 Å². The van der Waals surface area contributed by atoms with Gasteiger partial charge in [0.05, 0.1) is 5.52 Å². The number of benzene rings is 1. The molecule has 104 valence electrons. The zero-order valence-corrected chi connectivity index (χ0v) is 11.9. The molecule has 1 N–H and O–H groups in total. The van der Waals surface area contributed by atoms with Gasteiger partial charge >= 0.3 is 0 Å². The molecule has 4 nitrogen and oxygen atoms in total. The van der Waals surface area contributed by atoms with Crippen LogP contribution in [0.3, 0.4) is 0 Å². The largest absolute Gasteiger partial charge is 0.373 e. The molecule has 0 saturated carbocycles. The van der Waals surface area contributed by atoms with Gasteiger partial charge in [0.1, 0.15) is 5.82 Å². The molecule has 1 unspecified atom stereocenters. The van der Waals surface area contributed by atoms with Crippen LogP contribution in [-0.2, 0) is 11.3 Å². The lowest BCUT2D eigenvalue weighted by molar-refractivity contribution is -0.128. The summed E-state index contributed by atoms with van der Waals surface area (Å²) < 4.78 is 0. The Kier molecular flexibility index (Phi) is 3.30. The lowest BCUT2D eigenvalue weighted by atomic mass is 10.1. The van der Waals surface area contributed by atoms with E-state index in [-0.39, 0.29) is 5.91 Å². The second-order valence-electron chi connectivity index (χ2n) is 5.52. The summed E-state index contributed by atoms with van der Waals surface area (Å²) in [6, 6.07) is 10.2. The number of aromatic nitrogens is 1. The van der Waals surface area contributed by atoms with E-state index in [1.165, 1.54) is 0 Å². The van der Waals surface area contributed by atoms with Crippen molar-refractivity contribution in [2.24, 2.45) is 5.92 Å². The molecule has 0 spiro atoms. The van der Waals surface area contributed by atoms with Crippen LogP contribution < -0.4 is 5.32 Å². The van der Waals surface area contributed by atoms with Crippen LogP contribution in [0.4, 0.5) is 5.82 Å². The number of pyridine rings is 1. The van der Waals surface area contributed by atoms with Crippen LogP contribution in [0.1, 0.15) is 18.9 Å². The Labute approximate surface area is 118 Å². The van der Waals surface area contributed by atoms with Gasteiger partial charge < -0.3 is 10.2 Å². The molecule has 1 atom stereocenters. The topological polar surface area (TPSA) is 45.2 Å². The smallest absolute Gasteiger partial charge is 0.223 e. The van der Waals surface area contributed by atoms with Crippen LogP contribution in [0.5, 0.6) is 0 Å². The van der Waals surface area contributed by atoms with Crippen molar-refractivity contribution in [2.75, 3.05) is 18.9 Å². The fourth-order valence-corrected chi connectivity index (χ4v) is 2.82. The fourth-order valence-electron chi connectivity index (χ4n) is 2.82. The van der Waals surface area contributed by atoms with Gasteiger partial charge in [-0.05, 0) is 18.1 Å². The first-order valence-electron chi connectivity index (χ1n) is 7.01. The van der Waals surface area contributed by atoms with Crippen LogP contribution in [0, 0.1) is 5.92 Å². The van der Waals surface area contributed by atoms with Crippen LogP contribution >= 0.6 is 0 Å². The third kappa shape index (κ3) is 2.33. The predicted molar refractivity (Wildman–Crippen MR) is 80.5 cm³/mol. The van der Waals surface area contributed by atoms with Gasteiger partial charge in [-0.2, -0.15) is 0 Å². The van der Waals surface area contributed by atoms with E-state index in [4.69, 9.17) is 0 Å². The SMILES string of the molecule is CNc1nc2ccccc2cc1CN1CC(C)CC1=O. The summed E-state index contributed by atoms with van der Waals surface area (Å²) in [7, 11) is 1.87. The first-order chi connectivity index (χ1) is 9.67. The Bertz CT molecular complexity index is 653. The Balaban J connectivity index is 1.95. The van der Waals surface area contributed by atoms with E-state index in [9.17, 15) is 4.79 Å². The number of carbonyl (C=O) groups is 1. The van der Waals surface area contributed by atoms with Gasteiger partial charge in [-0.25, -0.2) is 4.98 Å². The highest BCUT2D eigenvalue weighted by atomic mass is 16.2. The van der Waals surface area contributed by atoms with E-state index in [1.807, 2.05) is 30.1 Å². The van der Waals surface area contributed by atoms with E-state index in [0.29, 0.717) is 18.9 Å². The molecular formula is C16H19N3O. The number of rotatable bonds is 3. The minimum atomic E-state index is 0.243. The molecule has 1 saturated heterocycles. The molecule has 0 radical (unpaired) electrons. The fraction of sp³-hybridized carbons (Fsp3) is 0.375. The number of para-hydroxylation sites is 1. The monoisotopic (exact) mass is 269 g/mol. The van der Waals surface area contributed by atoms with Gasteiger partial charge in [-0.15, -0.1) is 0 Å². The average molecular weight is 269 g/mol. The molecule has 1 aromatic heterocycles. The molecule has 2 heterocycles. The molecule has 0 bridgehead atoms. The number of fused-ring (bicyclic) bond motifs is 1. The second-order valence-corrected chi connectivity index (χ2v) is 5.52. The summed E-state index contributed by atoms with van der Waals surface area (Å²) in [5, 5.41) is 4.25. The van der Waals surface area contributed by atoms with E-state index in [1.54, 1.807) is 0 Å². The minimum absolute atomic E-state index is 0.243. The predicted octanol–water partition coefficient (Wildman–Crippen LogP) is 2.64. The summed E-state index contributed by atoms with van der Waals surface area (Å²) in [5.74, 6) is 1.55. The molecule has 1 amide bonds. The maximum absolute atomic E-state index is 11.9. The number of amides is 1. The van der Waals surface area contributed by atoms with E-state index >= 15 is 0 Å². The quantitative estimate of drug-likeness (QED) is 0.931. The number of nitrogens with one attached hydrogen (secondary N) is 1. The van der Waals surface area contributed by atoms with Crippen molar-refractivity contribution in [3.05, 3.63) is 35.9 Å². The summed E-state index contributed by atoms with van der Waals surface area (Å²) in [4.78, 5) is 18.5. The van der Waals surface area contributed by atoms with Gasteiger partial charge in [-0.3, -0.25) is 4.79 Å². The highest BCUT2D eigenvalue weighted by Gasteiger charge is 2.27. The number of anilines is 1. The molecule has 1 aliphatic heterocycles.